The van der Waals surface area contributed by atoms with E-state index in [1.54, 1.807) is 0 Å². The Labute approximate surface area is 117 Å². The molecular formula is C16H27N3. The van der Waals surface area contributed by atoms with E-state index in [2.05, 4.69) is 29.5 Å². The molecule has 2 atom stereocenters. The summed E-state index contributed by atoms with van der Waals surface area (Å²) in [7, 11) is 0. The van der Waals surface area contributed by atoms with Gasteiger partial charge in [0.15, 0.2) is 0 Å². The van der Waals surface area contributed by atoms with Crippen LogP contribution in [0.25, 0.3) is 0 Å². The van der Waals surface area contributed by atoms with Crippen molar-refractivity contribution in [1.29, 1.82) is 0 Å². The molecule has 3 heteroatoms. The Kier molecular flexibility index (Phi) is 3.92. The highest BCUT2D eigenvalue weighted by Crippen LogP contribution is 2.28. The van der Waals surface area contributed by atoms with E-state index in [0.717, 1.165) is 5.92 Å². The third-order valence-electron chi connectivity index (χ3n) is 4.97. The van der Waals surface area contributed by atoms with Gasteiger partial charge < -0.3 is 9.47 Å². The first-order valence-corrected chi connectivity index (χ1v) is 8.05. The quantitative estimate of drug-likeness (QED) is 0.834. The molecule has 1 aromatic rings. The Morgan fingerprint density at radius 2 is 2.21 bits per heavy atom. The number of nitrogens with zero attached hydrogens (tertiary/aromatic N) is 3. The molecule has 3 nitrogen and oxygen atoms in total. The Bertz CT molecular complexity index is 424. The molecule has 1 fully saturated rings. The fourth-order valence-electron chi connectivity index (χ4n) is 3.88. The van der Waals surface area contributed by atoms with E-state index in [4.69, 9.17) is 4.98 Å². The van der Waals surface area contributed by atoms with Gasteiger partial charge in [-0.05, 0) is 58.0 Å². The van der Waals surface area contributed by atoms with E-state index in [1.165, 1.54) is 69.7 Å². The monoisotopic (exact) mass is 261 g/mol. The number of imidazole rings is 1. The van der Waals surface area contributed by atoms with Crippen LogP contribution >= 0.6 is 0 Å². The second-order valence-electron chi connectivity index (χ2n) is 6.38. The number of rotatable bonds is 3. The van der Waals surface area contributed by atoms with Crippen molar-refractivity contribution in [2.75, 3.05) is 19.6 Å². The van der Waals surface area contributed by atoms with Crippen LogP contribution in [0.2, 0.25) is 0 Å². The van der Waals surface area contributed by atoms with Gasteiger partial charge in [0.1, 0.15) is 5.82 Å². The maximum absolute atomic E-state index is 4.74. The first kappa shape index (κ1) is 13.2. The number of aromatic nitrogens is 2. The standard InChI is InChI=1S/C16H27N3/c1-3-18-9-5-7-14(12-18)10-16-17-11-15-8-4-6-13(2)19(15)16/h11,13-14H,3-10,12H2,1-2H3. The van der Waals surface area contributed by atoms with E-state index < -0.39 is 0 Å². The Balaban J connectivity index is 1.71. The largest absolute Gasteiger partial charge is 0.329 e. The molecule has 3 heterocycles. The molecule has 0 N–H and O–H groups in total. The summed E-state index contributed by atoms with van der Waals surface area (Å²) in [5, 5.41) is 0. The molecule has 0 aliphatic carbocycles. The van der Waals surface area contributed by atoms with E-state index >= 15 is 0 Å². The maximum Gasteiger partial charge on any atom is 0.109 e. The third kappa shape index (κ3) is 2.71. The zero-order valence-corrected chi connectivity index (χ0v) is 12.4. The van der Waals surface area contributed by atoms with Gasteiger partial charge in [0.05, 0.1) is 0 Å². The topological polar surface area (TPSA) is 21.1 Å². The zero-order chi connectivity index (χ0) is 13.2. The van der Waals surface area contributed by atoms with Gasteiger partial charge in [-0.15, -0.1) is 0 Å². The number of aryl methyl sites for hydroxylation is 1. The van der Waals surface area contributed by atoms with Crippen LogP contribution in [0.15, 0.2) is 6.20 Å². The van der Waals surface area contributed by atoms with E-state index in [0.29, 0.717) is 6.04 Å². The molecule has 1 aromatic heterocycles. The summed E-state index contributed by atoms with van der Waals surface area (Å²) in [4.78, 5) is 7.33. The molecule has 3 rings (SSSR count). The number of fused-ring (bicyclic) bond motifs is 1. The van der Waals surface area contributed by atoms with Gasteiger partial charge in [0.2, 0.25) is 0 Å². The smallest absolute Gasteiger partial charge is 0.109 e. The van der Waals surface area contributed by atoms with Gasteiger partial charge in [0.25, 0.3) is 0 Å². The minimum absolute atomic E-state index is 0.659. The zero-order valence-electron chi connectivity index (χ0n) is 12.4. The predicted molar refractivity (Wildman–Crippen MR) is 78.4 cm³/mol. The molecule has 0 radical (unpaired) electrons. The SMILES string of the molecule is CCN1CCCC(Cc2ncc3n2C(C)CCC3)C1. The van der Waals surface area contributed by atoms with Crippen LogP contribution in [0.3, 0.4) is 0 Å². The molecule has 2 aliphatic rings. The lowest BCUT2D eigenvalue weighted by Crippen LogP contribution is -2.36. The van der Waals surface area contributed by atoms with Crippen LogP contribution in [0.4, 0.5) is 0 Å². The van der Waals surface area contributed by atoms with Gasteiger partial charge in [-0.3, -0.25) is 0 Å². The number of piperidine rings is 1. The van der Waals surface area contributed by atoms with Gasteiger partial charge in [0, 0.05) is 30.9 Å². The van der Waals surface area contributed by atoms with Crippen LogP contribution in [0.1, 0.15) is 57.1 Å². The highest BCUT2D eigenvalue weighted by atomic mass is 15.1. The Morgan fingerprint density at radius 3 is 3.05 bits per heavy atom. The highest BCUT2D eigenvalue weighted by molar-refractivity contribution is 5.10. The van der Waals surface area contributed by atoms with Crippen LogP contribution in [0.5, 0.6) is 0 Å². The average Bonchev–Trinajstić information content (AvgIpc) is 2.84. The average molecular weight is 261 g/mol. The normalized spacial score (nSPS) is 28.3. The van der Waals surface area contributed by atoms with Gasteiger partial charge in [-0.25, -0.2) is 4.98 Å². The molecule has 0 saturated carbocycles. The molecule has 19 heavy (non-hydrogen) atoms. The molecule has 0 spiro atoms. The maximum atomic E-state index is 4.74. The summed E-state index contributed by atoms with van der Waals surface area (Å²) in [5.74, 6) is 2.17. The van der Waals surface area contributed by atoms with Gasteiger partial charge >= 0.3 is 0 Å². The van der Waals surface area contributed by atoms with Crippen molar-refractivity contribution >= 4 is 0 Å². The van der Waals surface area contributed by atoms with Crippen molar-refractivity contribution in [3.8, 4) is 0 Å². The molecule has 0 amide bonds. The summed E-state index contributed by atoms with van der Waals surface area (Å²) < 4.78 is 2.54. The Morgan fingerprint density at radius 1 is 1.32 bits per heavy atom. The lowest BCUT2D eigenvalue weighted by Gasteiger charge is -2.32. The van der Waals surface area contributed by atoms with Gasteiger partial charge in [-0.2, -0.15) is 0 Å². The minimum atomic E-state index is 0.659. The first-order valence-electron chi connectivity index (χ1n) is 8.05. The molecule has 0 aromatic carbocycles. The number of hydrogen-bond acceptors (Lipinski definition) is 2. The number of hydrogen-bond donors (Lipinski definition) is 0. The molecule has 2 aliphatic heterocycles. The second-order valence-corrected chi connectivity index (χ2v) is 6.38. The van der Waals surface area contributed by atoms with Gasteiger partial charge in [-0.1, -0.05) is 6.92 Å². The van der Waals surface area contributed by atoms with Crippen molar-refractivity contribution in [3.63, 3.8) is 0 Å². The van der Waals surface area contributed by atoms with E-state index in [-0.39, 0.29) is 0 Å². The second kappa shape index (κ2) is 5.66. The minimum Gasteiger partial charge on any atom is -0.329 e. The predicted octanol–water partition coefficient (Wildman–Crippen LogP) is 3.05. The van der Waals surface area contributed by atoms with Crippen LogP contribution < -0.4 is 0 Å². The summed E-state index contributed by atoms with van der Waals surface area (Å²) in [5.41, 5.74) is 1.47. The van der Waals surface area contributed by atoms with Crippen LogP contribution in [-0.4, -0.2) is 34.1 Å². The first-order chi connectivity index (χ1) is 9.28. The van der Waals surface area contributed by atoms with E-state index in [9.17, 15) is 0 Å². The fourth-order valence-corrected chi connectivity index (χ4v) is 3.88. The molecular weight excluding hydrogens is 234 g/mol. The van der Waals surface area contributed by atoms with Crippen molar-refractivity contribution in [1.82, 2.24) is 14.5 Å². The third-order valence-corrected chi connectivity index (χ3v) is 4.97. The fraction of sp³-hybridized carbons (Fsp3) is 0.812. The number of likely N-dealkylation sites (tertiary alicyclic amines) is 1. The highest BCUT2D eigenvalue weighted by Gasteiger charge is 2.24. The molecule has 0 bridgehead atoms. The van der Waals surface area contributed by atoms with Crippen LogP contribution in [-0.2, 0) is 12.8 Å². The van der Waals surface area contributed by atoms with E-state index in [1.807, 2.05) is 0 Å². The Hall–Kier alpha value is -0.830. The van der Waals surface area contributed by atoms with Crippen molar-refractivity contribution < 1.29 is 0 Å². The van der Waals surface area contributed by atoms with Crippen molar-refractivity contribution in [3.05, 3.63) is 17.7 Å². The summed E-state index contributed by atoms with van der Waals surface area (Å²) in [6.07, 6.45) is 9.94. The van der Waals surface area contributed by atoms with Crippen LogP contribution in [0, 0.1) is 5.92 Å². The molecule has 1 saturated heterocycles. The summed E-state index contributed by atoms with van der Waals surface area (Å²) in [6, 6.07) is 0.659. The van der Waals surface area contributed by atoms with Crippen molar-refractivity contribution in [2.45, 2.75) is 58.4 Å². The summed E-state index contributed by atoms with van der Waals surface area (Å²) >= 11 is 0. The molecule has 106 valence electrons. The lowest BCUT2D eigenvalue weighted by atomic mass is 9.94. The lowest BCUT2D eigenvalue weighted by molar-refractivity contribution is 0.179. The van der Waals surface area contributed by atoms with Crippen molar-refractivity contribution in [2.24, 2.45) is 5.92 Å². The molecule has 2 unspecified atom stereocenters. The summed E-state index contributed by atoms with van der Waals surface area (Å²) in [6.45, 7) is 8.40.